The van der Waals surface area contributed by atoms with Crippen LogP contribution in [0.3, 0.4) is 0 Å². The second-order valence-corrected chi connectivity index (χ2v) is 9.52. The zero-order valence-corrected chi connectivity index (χ0v) is 19.3. The van der Waals surface area contributed by atoms with Crippen molar-refractivity contribution in [1.29, 1.82) is 0 Å². The predicted octanol–water partition coefficient (Wildman–Crippen LogP) is 3.75. The van der Waals surface area contributed by atoms with Gasteiger partial charge in [-0.1, -0.05) is 48.0 Å². The van der Waals surface area contributed by atoms with Gasteiger partial charge >= 0.3 is 12.1 Å². The topological polar surface area (TPSA) is 84.9 Å². The number of methoxy groups -OCH3 is 1. The Morgan fingerprint density at radius 1 is 1.11 bits per heavy atom. The number of hydrogen-bond acceptors (Lipinski definition) is 5. The van der Waals surface area contributed by atoms with Crippen LogP contribution >= 0.6 is 0 Å². The van der Waals surface area contributed by atoms with Crippen LogP contribution in [0.25, 0.3) is 0 Å². The Kier molecular flexibility index (Phi) is 9.99. The van der Waals surface area contributed by atoms with E-state index >= 15 is 0 Å². The number of alkyl carbamates (subject to hydrolysis) is 1. The molecule has 0 radical (unpaired) electrons. The van der Waals surface area contributed by atoms with E-state index in [0.717, 1.165) is 0 Å². The number of esters is 1. The average molecular weight is 401 g/mol. The number of carbonyl (C=O) groups is 3. The van der Waals surface area contributed by atoms with Gasteiger partial charge in [0.25, 0.3) is 0 Å². The van der Waals surface area contributed by atoms with Gasteiger partial charge in [-0.25, -0.2) is 9.59 Å². The van der Waals surface area contributed by atoms with E-state index in [1.54, 1.807) is 20.8 Å². The lowest BCUT2D eigenvalue weighted by Crippen LogP contribution is -2.57. The lowest BCUT2D eigenvalue weighted by Gasteiger charge is -2.35. The molecule has 0 aromatic rings. The average Bonchev–Trinajstić information content (AvgIpc) is 2.91. The fourth-order valence-corrected chi connectivity index (χ4v) is 2.89. The summed E-state index contributed by atoms with van der Waals surface area (Å²) < 4.78 is 10.1. The number of amides is 2. The molecule has 0 bridgehead atoms. The monoisotopic (exact) mass is 400 g/mol. The number of rotatable bonds is 3. The first-order chi connectivity index (χ1) is 12.7. The molecule has 1 fully saturated rings. The first kappa shape index (κ1) is 26.2. The van der Waals surface area contributed by atoms with Gasteiger partial charge in [-0.15, -0.1) is 0 Å². The summed E-state index contributed by atoms with van der Waals surface area (Å²) in [6, 6.07) is -1.42. The van der Waals surface area contributed by atoms with E-state index in [1.165, 1.54) is 18.4 Å². The molecule has 1 aliphatic heterocycles. The maximum absolute atomic E-state index is 13.1. The van der Waals surface area contributed by atoms with E-state index in [2.05, 4.69) is 19.2 Å². The molecule has 0 aromatic heterocycles. The highest BCUT2D eigenvalue weighted by Gasteiger charge is 2.44. The van der Waals surface area contributed by atoms with Crippen LogP contribution in [-0.4, -0.2) is 54.2 Å². The van der Waals surface area contributed by atoms with Crippen molar-refractivity contribution in [3.05, 3.63) is 0 Å². The number of likely N-dealkylation sites (tertiary alicyclic amines) is 1. The maximum atomic E-state index is 13.1. The van der Waals surface area contributed by atoms with Gasteiger partial charge < -0.3 is 19.7 Å². The Balaban J connectivity index is 0.00000227. The van der Waals surface area contributed by atoms with E-state index in [1.807, 2.05) is 27.7 Å². The quantitative estimate of drug-likeness (QED) is 0.729. The fraction of sp³-hybridized carbons (Fsp3) is 0.857. The van der Waals surface area contributed by atoms with Crippen molar-refractivity contribution in [2.24, 2.45) is 11.3 Å². The van der Waals surface area contributed by atoms with Crippen molar-refractivity contribution in [3.8, 4) is 0 Å². The molecule has 164 valence electrons. The van der Waals surface area contributed by atoms with Gasteiger partial charge in [0.1, 0.15) is 17.7 Å². The Hall–Kier alpha value is -1.79. The van der Waals surface area contributed by atoms with Gasteiger partial charge in [-0.2, -0.15) is 0 Å². The molecule has 28 heavy (non-hydrogen) atoms. The van der Waals surface area contributed by atoms with Crippen LogP contribution in [-0.2, 0) is 19.1 Å². The molecule has 1 rings (SSSR count). The minimum Gasteiger partial charge on any atom is -0.467 e. The van der Waals surface area contributed by atoms with Gasteiger partial charge in [0, 0.05) is 6.54 Å². The number of nitrogens with zero attached hydrogens (tertiary/aromatic N) is 1. The summed E-state index contributed by atoms with van der Waals surface area (Å²) in [5, 5.41) is 2.68. The molecule has 1 heterocycles. The zero-order chi connectivity index (χ0) is 22.3. The molecular formula is C21H40N2O5. The van der Waals surface area contributed by atoms with Gasteiger partial charge in [-0.3, -0.25) is 4.79 Å². The molecule has 0 saturated carbocycles. The minimum absolute atomic E-state index is 0.190. The summed E-state index contributed by atoms with van der Waals surface area (Å²) in [5.41, 5.74) is -1.20. The van der Waals surface area contributed by atoms with E-state index in [4.69, 9.17) is 9.47 Å². The molecule has 3 atom stereocenters. The smallest absolute Gasteiger partial charge is 0.408 e. The lowest BCUT2D eigenvalue weighted by atomic mass is 9.85. The third kappa shape index (κ3) is 8.48. The van der Waals surface area contributed by atoms with Crippen LogP contribution in [0.4, 0.5) is 4.79 Å². The van der Waals surface area contributed by atoms with Crippen molar-refractivity contribution in [2.75, 3.05) is 13.7 Å². The number of carbonyl (C=O) groups excluding carboxylic acids is 3. The van der Waals surface area contributed by atoms with Crippen LogP contribution in [0.15, 0.2) is 0 Å². The molecule has 2 amide bonds. The SMILES string of the molecule is CCC.COC(=O)C1C[C@@H](C)CN1C(=O)[C@@H](NC(=O)OC(C)(C)C)C(C)(C)C. The molecule has 0 aliphatic carbocycles. The highest BCUT2D eigenvalue weighted by atomic mass is 16.6. The lowest BCUT2D eigenvalue weighted by molar-refractivity contribution is -0.152. The Bertz CT molecular complexity index is 534. The van der Waals surface area contributed by atoms with Crippen molar-refractivity contribution in [2.45, 2.75) is 92.8 Å². The van der Waals surface area contributed by atoms with E-state index < -0.39 is 35.2 Å². The largest absolute Gasteiger partial charge is 0.467 e. The predicted molar refractivity (Wildman–Crippen MR) is 110 cm³/mol. The Morgan fingerprint density at radius 3 is 2.00 bits per heavy atom. The van der Waals surface area contributed by atoms with Crippen LogP contribution in [0.5, 0.6) is 0 Å². The molecule has 1 aliphatic rings. The highest BCUT2D eigenvalue weighted by Crippen LogP contribution is 2.29. The number of nitrogens with one attached hydrogen (secondary N) is 1. The zero-order valence-electron chi connectivity index (χ0n) is 19.3. The second-order valence-electron chi connectivity index (χ2n) is 9.52. The van der Waals surface area contributed by atoms with E-state index in [0.29, 0.717) is 13.0 Å². The third-order valence-electron chi connectivity index (χ3n) is 4.04. The maximum Gasteiger partial charge on any atom is 0.408 e. The molecule has 1 N–H and O–H groups in total. The van der Waals surface area contributed by atoms with Gasteiger partial charge in [0.15, 0.2) is 0 Å². The minimum atomic E-state index is -0.806. The van der Waals surface area contributed by atoms with Crippen LogP contribution in [0, 0.1) is 11.3 Å². The Morgan fingerprint density at radius 2 is 1.61 bits per heavy atom. The van der Waals surface area contributed by atoms with E-state index in [9.17, 15) is 14.4 Å². The molecule has 7 heteroatoms. The summed E-state index contributed by atoms with van der Waals surface area (Å²) in [5.74, 6) is -0.532. The van der Waals surface area contributed by atoms with Crippen LogP contribution in [0.1, 0.15) is 75.2 Å². The third-order valence-corrected chi connectivity index (χ3v) is 4.04. The molecule has 1 unspecified atom stereocenters. The first-order valence-electron chi connectivity index (χ1n) is 10.1. The normalized spacial score (nSPS) is 20.6. The van der Waals surface area contributed by atoms with Gasteiger partial charge in [-0.05, 0) is 38.5 Å². The summed E-state index contributed by atoms with van der Waals surface area (Å²) in [6.45, 7) is 17.6. The Labute approximate surface area is 170 Å². The fourth-order valence-electron chi connectivity index (χ4n) is 2.89. The summed E-state index contributed by atoms with van der Waals surface area (Å²) in [6.07, 6.45) is 1.16. The summed E-state index contributed by atoms with van der Waals surface area (Å²) in [4.78, 5) is 38.8. The highest BCUT2D eigenvalue weighted by molar-refractivity contribution is 5.90. The van der Waals surface area contributed by atoms with Crippen molar-refractivity contribution < 1.29 is 23.9 Å². The van der Waals surface area contributed by atoms with Crippen LogP contribution in [0.2, 0.25) is 0 Å². The second kappa shape index (κ2) is 10.7. The summed E-state index contributed by atoms with van der Waals surface area (Å²) in [7, 11) is 1.31. The molecule has 7 nitrogen and oxygen atoms in total. The van der Waals surface area contributed by atoms with Gasteiger partial charge in [0.05, 0.1) is 7.11 Å². The molecule has 0 aromatic carbocycles. The van der Waals surface area contributed by atoms with Crippen molar-refractivity contribution in [1.82, 2.24) is 10.2 Å². The number of hydrogen-bond donors (Lipinski definition) is 1. The number of ether oxygens (including phenoxy) is 2. The molecule has 0 spiro atoms. The standard InChI is InChI=1S/C18H32N2O5.C3H8/c1-11-9-12(15(22)24-8)20(10-11)14(21)13(17(2,3)4)19-16(23)25-18(5,6)7;1-3-2/h11-13H,9-10H2,1-8H3,(H,19,23);3H2,1-2H3/t11-,12?,13-;/m1./s1. The van der Waals surface area contributed by atoms with Crippen molar-refractivity contribution in [3.63, 3.8) is 0 Å². The van der Waals surface area contributed by atoms with E-state index in [-0.39, 0.29) is 11.8 Å². The molecular weight excluding hydrogens is 360 g/mol. The van der Waals surface area contributed by atoms with Gasteiger partial charge in [0.2, 0.25) is 5.91 Å². The molecule has 1 saturated heterocycles. The first-order valence-corrected chi connectivity index (χ1v) is 10.1. The van der Waals surface area contributed by atoms with Crippen molar-refractivity contribution >= 4 is 18.0 Å². The summed E-state index contributed by atoms with van der Waals surface area (Å²) >= 11 is 0. The van der Waals surface area contributed by atoms with Crippen LogP contribution < -0.4 is 5.32 Å².